The largest absolute Gasteiger partial charge is 0.310 e. The molecule has 11 aromatic carbocycles. The lowest BCUT2D eigenvalue weighted by Gasteiger charge is -2.34. The van der Waals surface area contributed by atoms with Gasteiger partial charge in [-0.3, -0.25) is 0 Å². The molecule has 13 rings (SSSR count). The van der Waals surface area contributed by atoms with Crippen LogP contribution in [-0.4, -0.2) is 0 Å². The van der Waals surface area contributed by atoms with Crippen LogP contribution in [0.3, 0.4) is 0 Å². The van der Waals surface area contributed by atoms with Crippen LogP contribution in [0.1, 0.15) is 22.3 Å². The van der Waals surface area contributed by atoms with Gasteiger partial charge in [-0.15, -0.1) is 11.3 Å². The Kier molecular flexibility index (Phi) is 9.33. The van der Waals surface area contributed by atoms with E-state index in [2.05, 4.69) is 266 Å². The van der Waals surface area contributed by atoms with Crippen LogP contribution in [0.15, 0.2) is 261 Å². The van der Waals surface area contributed by atoms with Crippen molar-refractivity contribution in [3.63, 3.8) is 0 Å². The fraction of sp³-hybridized carbons (Fsp3) is 0.0154. The van der Waals surface area contributed by atoms with Gasteiger partial charge in [0.25, 0.3) is 0 Å². The molecule has 0 spiro atoms. The summed E-state index contributed by atoms with van der Waals surface area (Å²) in [7, 11) is 0. The number of fused-ring (bicyclic) bond motifs is 7. The van der Waals surface area contributed by atoms with E-state index in [1.807, 2.05) is 11.3 Å². The van der Waals surface area contributed by atoms with Crippen molar-refractivity contribution in [1.29, 1.82) is 0 Å². The van der Waals surface area contributed by atoms with Gasteiger partial charge in [-0.05, 0) is 114 Å². The van der Waals surface area contributed by atoms with E-state index in [-0.39, 0.29) is 0 Å². The molecule has 1 aromatic heterocycles. The van der Waals surface area contributed by atoms with Gasteiger partial charge in [0, 0.05) is 37.1 Å². The molecule has 2 heteroatoms. The fourth-order valence-electron chi connectivity index (χ4n) is 11.1. The molecule has 0 amide bonds. The topological polar surface area (TPSA) is 3.24 Å². The molecule has 0 N–H and O–H groups in total. The third-order valence-electron chi connectivity index (χ3n) is 14.0. The predicted molar refractivity (Wildman–Crippen MR) is 285 cm³/mol. The molecule has 0 atom stereocenters. The standard InChI is InChI=1S/C65H43NS/c1-3-20-47(21-4-1)65(48-22-5-2-6-23-48)58-31-12-9-26-56(58)63-53(29-16-32-59(63)65)46-38-42-50(43-39-46)66(49-40-36-45(37-41-49)52-28-15-19-44-18-7-8-24-51(44)52)60-33-13-10-25-54(60)55-30-17-35-62-64(55)57-27-11-14-34-61(57)67-62/h1-43H. The second-order valence-electron chi connectivity index (χ2n) is 17.5. The van der Waals surface area contributed by atoms with Crippen molar-refractivity contribution >= 4 is 59.3 Å². The number of nitrogens with zero attached hydrogens (tertiary/aromatic N) is 1. The van der Waals surface area contributed by atoms with Crippen molar-refractivity contribution in [1.82, 2.24) is 0 Å². The van der Waals surface area contributed by atoms with Gasteiger partial charge < -0.3 is 4.90 Å². The van der Waals surface area contributed by atoms with Crippen molar-refractivity contribution in [3.8, 4) is 44.5 Å². The van der Waals surface area contributed by atoms with E-state index in [9.17, 15) is 0 Å². The Balaban J connectivity index is 0.984. The number of hydrogen-bond donors (Lipinski definition) is 0. The first-order valence-corrected chi connectivity index (χ1v) is 23.9. The van der Waals surface area contributed by atoms with Crippen LogP contribution < -0.4 is 4.90 Å². The average molecular weight is 870 g/mol. The third kappa shape index (κ3) is 6.22. The van der Waals surface area contributed by atoms with Crippen molar-refractivity contribution in [2.75, 3.05) is 4.90 Å². The van der Waals surface area contributed by atoms with E-state index in [0.717, 1.165) is 17.1 Å². The summed E-state index contributed by atoms with van der Waals surface area (Å²) in [5.74, 6) is 0. The number of thiophene rings is 1. The van der Waals surface area contributed by atoms with E-state index < -0.39 is 5.41 Å². The van der Waals surface area contributed by atoms with E-state index in [1.54, 1.807) is 0 Å². The molecule has 67 heavy (non-hydrogen) atoms. The van der Waals surface area contributed by atoms with Crippen LogP contribution in [0.5, 0.6) is 0 Å². The number of para-hydroxylation sites is 1. The Bertz CT molecular complexity index is 3750. The number of anilines is 3. The molecule has 0 saturated heterocycles. The Labute approximate surface area is 395 Å². The molecule has 314 valence electrons. The number of benzene rings is 11. The summed E-state index contributed by atoms with van der Waals surface area (Å²) in [4.78, 5) is 2.44. The highest BCUT2D eigenvalue weighted by molar-refractivity contribution is 7.25. The third-order valence-corrected chi connectivity index (χ3v) is 15.1. The summed E-state index contributed by atoms with van der Waals surface area (Å²) in [6, 6.07) is 96.2. The van der Waals surface area contributed by atoms with Crippen LogP contribution in [0, 0.1) is 0 Å². The molecule has 1 aliphatic carbocycles. The summed E-state index contributed by atoms with van der Waals surface area (Å²) < 4.78 is 2.60. The lowest BCUT2D eigenvalue weighted by atomic mass is 9.67. The molecule has 12 aromatic rings. The van der Waals surface area contributed by atoms with Gasteiger partial charge in [0.05, 0.1) is 11.1 Å². The first-order chi connectivity index (χ1) is 33.3. The SMILES string of the molecule is c1ccc(C2(c3ccccc3)c3ccccc3-c3c(-c4ccc(N(c5ccc(-c6cccc7ccccc67)cc5)c5ccccc5-c5cccc6sc7ccccc7c56)cc4)cccc32)cc1. The highest BCUT2D eigenvalue weighted by atomic mass is 32.1. The normalized spacial score (nSPS) is 12.6. The molecule has 0 aliphatic heterocycles. The molecule has 1 nitrogen and oxygen atoms in total. The van der Waals surface area contributed by atoms with Crippen molar-refractivity contribution in [2.45, 2.75) is 5.41 Å². The zero-order valence-corrected chi connectivity index (χ0v) is 37.5. The highest BCUT2D eigenvalue weighted by Crippen LogP contribution is 2.58. The minimum atomic E-state index is -0.459. The predicted octanol–water partition coefficient (Wildman–Crippen LogP) is 18.0. The van der Waals surface area contributed by atoms with Gasteiger partial charge in [-0.25, -0.2) is 0 Å². The van der Waals surface area contributed by atoms with E-state index in [1.165, 1.54) is 97.7 Å². The molecule has 0 fully saturated rings. The number of rotatable bonds is 8. The Morgan fingerprint density at radius 1 is 0.313 bits per heavy atom. The fourth-order valence-corrected chi connectivity index (χ4v) is 12.2. The summed E-state index contributed by atoms with van der Waals surface area (Å²) in [5.41, 5.74) is 17.9. The van der Waals surface area contributed by atoms with Crippen molar-refractivity contribution in [2.24, 2.45) is 0 Å². The lowest BCUT2D eigenvalue weighted by Crippen LogP contribution is -2.28. The summed E-state index contributed by atoms with van der Waals surface area (Å²) in [6.45, 7) is 0. The quantitative estimate of drug-likeness (QED) is 0.147. The van der Waals surface area contributed by atoms with Gasteiger partial charge in [-0.1, -0.05) is 218 Å². The van der Waals surface area contributed by atoms with Crippen molar-refractivity contribution in [3.05, 3.63) is 283 Å². The Hall–Kier alpha value is -8.30. The molecular weight excluding hydrogens is 827 g/mol. The van der Waals surface area contributed by atoms with Crippen LogP contribution in [0.2, 0.25) is 0 Å². The minimum absolute atomic E-state index is 0.459. The maximum Gasteiger partial charge on any atom is 0.0713 e. The highest BCUT2D eigenvalue weighted by Gasteiger charge is 2.46. The molecular formula is C65H43NS. The molecule has 1 aliphatic rings. The zero-order chi connectivity index (χ0) is 44.3. The smallest absolute Gasteiger partial charge is 0.0713 e. The number of hydrogen-bond acceptors (Lipinski definition) is 2. The van der Waals surface area contributed by atoms with Gasteiger partial charge >= 0.3 is 0 Å². The van der Waals surface area contributed by atoms with Gasteiger partial charge in [0.1, 0.15) is 0 Å². The molecule has 1 heterocycles. The zero-order valence-electron chi connectivity index (χ0n) is 36.7. The van der Waals surface area contributed by atoms with Crippen LogP contribution >= 0.6 is 11.3 Å². The monoisotopic (exact) mass is 869 g/mol. The molecule has 0 radical (unpaired) electrons. The van der Waals surface area contributed by atoms with Crippen molar-refractivity contribution < 1.29 is 0 Å². The molecule has 0 unspecified atom stereocenters. The Morgan fingerprint density at radius 2 is 0.806 bits per heavy atom. The van der Waals surface area contributed by atoms with Gasteiger partial charge in [0.15, 0.2) is 0 Å². The van der Waals surface area contributed by atoms with Gasteiger partial charge in [-0.2, -0.15) is 0 Å². The maximum absolute atomic E-state index is 2.44. The van der Waals surface area contributed by atoms with E-state index >= 15 is 0 Å². The second-order valence-corrected chi connectivity index (χ2v) is 18.6. The summed E-state index contributed by atoms with van der Waals surface area (Å²) >= 11 is 1.86. The Morgan fingerprint density at radius 3 is 1.55 bits per heavy atom. The van der Waals surface area contributed by atoms with Crippen LogP contribution in [0.4, 0.5) is 17.1 Å². The summed E-state index contributed by atoms with van der Waals surface area (Å²) in [5, 5.41) is 5.10. The first kappa shape index (κ1) is 39.1. The first-order valence-electron chi connectivity index (χ1n) is 23.1. The average Bonchev–Trinajstić information content (AvgIpc) is 3.94. The van der Waals surface area contributed by atoms with E-state index in [0.29, 0.717) is 0 Å². The van der Waals surface area contributed by atoms with Crippen LogP contribution in [0.25, 0.3) is 75.5 Å². The van der Waals surface area contributed by atoms with Gasteiger partial charge in [0.2, 0.25) is 0 Å². The van der Waals surface area contributed by atoms with E-state index in [4.69, 9.17) is 0 Å². The molecule has 0 saturated carbocycles. The minimum Gasteiger partial charge on any atom is -0.310 e. The maximum atomic E-state index is 2.44. The van der Waals surface area contributed by atoms with Crippen LogP contribution in [-0.2, 0) is 5.41 Å². The summed E-state index contributed by atoms with van der Waals surface area (Å²) in [6.07, 6.45) is 0. The second kappa shape index (κ2) is 16.0. The lowest BCUT2D eigenvalue weighted by molar-refractivity contribution is 0.768. The molecule has 0 bridgehead atoms.